The van der Waals surface area contributed by atoms with Crippen LogP contribution in [-0.4, -0.2) is 16.3 Å². The molecule has 0 aliphatic rings. The number of aromatic nitrogens is 2. The predicted molar refractivity (Wildman–Crippen MR) is 69.7 cm³/mol. The topological polar surface area (TPSA) is 29.9 Å². The highest BCUT2D eigenvalue weighted by molar-refractivity contribution is 5.19. The van der Waals surface area contributed by atoms with Crippen molar-refractivity contribution >= 4 is 0 Å². The summed E-state index contributed by atoms with van der Waals surface area (Å²) in [6, 6.07) is 6.85. The van der Waals surface area contributed by atoms with Crippen LogP contribution in [0.4, 0.5) is 4.39 Å². The number of halogens is 1. The van der Waals surface area contributed by atoms with Gasteiger partial charge in [0.15, 0.2) is 0 Å². The lowest BCUT2D eigenvalue weighted by Crippen LogP contribution is -2.21. The van der Waals surface area contributed by atoms with E-state index >= 15 is 0 Å². The van der Waals surface area contributed by atoms with Crippen molar-refractivity contribution in [2.45, 2.75) is 19.4 Å². The van der Waals surface area contributed by atoms with Crippen molar-refractivity contribution in [1.29, 1.82) is 0 Å². The second-order valence-electron chi connectivity index (χ2n) is 4.50. The first kappa shape index (κ1) is 12.8. The van der Waals surface area contributed by atoms with Gasteiger partial charge in [0.2, 0.25) is 0 Å². The van der Waals surface area contributed by atoms with Gasteiger partial charge >= 0.3 is 0 Å². The molecule has 2 aromatic rings. The minimum absolute atomic E-state index is 0.193. The Balaban J connectivity index is 1.81. The van der Waals surface area contributed by atoms with Gasteiger partial charge in [-0.05, 0) is 43.1 Å². The van der Waals surface area contributed by atoms with Gasteiger partial charge in [-0.25, -0.2) is 4.39 Å². The van der Waals surface area contributed by atoms with Crippen molar-refractivity contribution in [3.05, 3.63) is 53.6 Å². The second-order valence-corrected chi connectivity index (χ2v) is 4.50. The molecule has 1 aromatic carbocycles. The van der Waals surface area contributed by atoms with E-state index in [1.807, 2.05) is 31.6 Å². The molecule has 0 radical (unpaired) electrons. The molecule has 4 heteroatoms. The van der Waals surface area contributed by atoms with E-state index in [2.05, 4.69) is 17.3 Å². The minimum Gasteiger partial charge on any atom is -0.310 e. The van der Waals surface area contributed by atoms with E-state index in [1.54, 1.807) is 4.68 Å². The molecular weight excluding hydrogens is 229 g/mol. The van der Waals surface area contributed by atoms with Gasteiger partial charge in [0, 0.05) is 19.3 Å². The van der Waals surface area contributed by atoms with Crippen molar-refractivity contribution in [1.82, 2.24) is 15.1 Å². The van der Waals surface area contributed by atoms with Crippen LogP contribution in [-0.2, 0) is 13.5 Å². The maximum atomic E-state index is 12.8. The fraction of sp³-hybridized carbons (Fsp3) is 0.357. The lowest BCUT2D eigenvalue weighted by Gasteiger charge is -2.13. The van der Waals surface area contributed by atoms with E-state index in [0.29, 0.717) is 0 Å². The molecule has 0 fully saturated rings. The summed E-state index contributed by atoms with van der Waals surface area (Å²) in [5.41, 5.74) is 2.32. The Morgan fingerprint density at radius 3 is 2.67 bits per heavy atom. The Bertz CT molecular complexity index is 490. The lowest BCUT2D eigenvalue weighted by molar-refractivity contribution is 0.573. The summed E-state index contributed by atoms with van der Waals surface area (Å²) in [7, 11) is 1.91. The molecule has 0 aliphatic heterocycles. The first-order valence-corrected chi connectivity index (χ1v) is 6.11. The van der Waals surface area contributed by atoms with Gasteiger partial charge in [-0.2, -0.15) is 5.10 Å². The minimum atomic E-state index is -0.193. The van der Waals surface area contributed by atoms with Crippen molar-refractivity contribution < 1.29 is 4.39 Å². The average molecular weight is 247 g/mol. The molecule has 3 nitrogen and oxygen atoms in total. The molecule has 96 valence electrons. The molecule has 1 atom stereocenters. The average Bonchev–Trinajstić information content (AvgIpc) is 2.76. The largest absolute Gasteiger partial charge is 0.310 e. The predicted octanol–water partition coefficient (Wildman–Crippen LogP) is 2.45. The van der Waals surface area contributed by atoms with Crippen LogP contribution in [0.5, 0.6) is 0 Å². The second kappa shape index (κ2) is 5.78. The number of aryl methyl sites for hydroxylation is 1. The molecule has 18 heavy (non-hydrogen) atoms. The standard InChI is InChI=1S/C14H18FN3/c1-11(13-3-5-14(15)6-4-13)16-8-7-12-9-17-18(2)10-12/h3-6,9-11,16H,7-8H2,1-2H3. The van der Waals surface area contributed by atoms with Crippen LogP contribution in [0.15, 0.2) is 36.7 Å². The molecule has 0 amide bonds. The van der Waals surface area contributed by atoms with Crippen LogP contribution in [0, 0.1) is 5.82 Å². The zero-order chi connectivity index (χ0) is 13.0. The number of nitrogens with one attached hydrogen (secondary N) is 1. The van der Waals surface area contributed by atoms with Crippen LogP contribution in [0.2, 0.25) is 0 Å². The van der Waals surface area contributed by atoms with Crippen LogP contribution in [0.3, 0.4) is 0 Å². The first-order chi connectivity index (χ1) is 8.65. The van der Waals surface area contributed by atoms with E-state index < -0.39 is 0 Å². The van der Waals surface area contributed by atoms with Crippen LogP contribution in [0.1, 0.15) is 24.1 Å². The maximum absolute atomic E-state index is 12.8. The SMILES string of the molecule is CC(NCCc1cnn(C)c1)c1ccc(F)cc1. The van der Waals surface area contributed by atoms with E-state index in [0.717, 1.165) is 18.5 Å². The highest BCUT2D eigenvalue weighted by atomic mass is 19.1. The smallest absolute Gasteiger partial charge is 0.123 e. The highest BCUT2D eigenvalue weighted by Gasteiger charge is 2.04. The zero-order valence-electron chi connectivity index (χ0n) is 10.7. The fourth-order valence-corrected chi connectivity index (χ4v) is 1.90. The van der Waals surface area contributed by atoms with Crippen LogP contribution in [0.25, 0.3) is 0 Å². The van der Waals surface area contributed by atoms with Crippen LogP contribution >= 0.6 is 0 Å². The first-order valence-electron chi connectivity index (χ1n) is 6.11. The van der Waals surface area contributed by atoms with Gasteiger partial charge < -0.3 is 5.32 Å². The lowest BCUT2D eigenvalue weighted by atomic mass is 10.1. The Labute approximate surface area is 107 Å². The molecular formula is C14H18FN3. The monoisotopic (exact) mass is 247 g/mol. The number of hydrogen-bond donors (Lipinski definition) is 1. The van der Waals surface area contributed by atoms with Gasteiger partial charge in [-0.3, -0.25) is 4.68 Å². The third-order valence-corrected chi connectivity index (χ3v) is 2.99. The Morgan fingerprint density at radius 1 is 1.33 bits per heavy atom. The Morgan fingerprint density at radius 2 is 2.06 bits per heavy atom. The van der Waals surface area contributed by atoms with Gasteiger partial charge in [0.1, 0.15) is 5.82 Å². The van der Waals surface area contributed by atoms with Crippen molar-refractivity contribution in [3.63, 3.8) is 0 Å². The van der Waals surface area contributed by atoms with E-state index in [9.17, 15) is 4.39 Å². The van der Waals surface area contributed by atoms with Gasteiger partial charge in [-0.1, -0.05) is 12.1 Å². The number of hydrogen-bond acceptors (Lipinski definition) is 2. The third-order valence-electron chi connectivity index (χ3n) is 2.99. The summed E-state index contributed by atoms with van der Waals surface area (Å²) in [4.78, 5) is 0. The summed E-state index contributed by atoms with van der Waals surface area (Å²) in [5.74, 6) is -0.193. The molecule has 1 aromatic heterocycles. The molecule has 1 heterocycles. The van der Waals surface area contributed by atoms with Gasteiger partial charge in [-0.15, -0.1) is 0 Å². The number of rotatable bonds is 5. The van der Waals surface area contributed by atoms with E-state index in [-0.39, 0.29) is 11.9 Å². The summed E-state index contributed by atoms with van der Waals surface area (Å²) in [6.45, 7) is 2.96. The van der Waals surface area contributed by atoms with Gasteiger partial charge in [0.25, 0.3) is 0 Å². The quantitative estimate of drug-likeness (QED) is 0.879. The summed E-state index contributed by atoms with van der Waals surface area (Å²) in [6.07, 6.45) is 4.84. The molecule has 1 unspecified atom stereocenters. The summed E-state index contributed by atoms with van der Waals surface area (Å²) < 4.78 is 14.6. The fourth-order valence-electron chi connectivity index (χ4n) is 1.90. The highest BCUT2D eigenvalue weighted by Crippen LogP contribution is 2.12. The van der Waals surface area contributed by atoms with E-state index in [4.69, 9.17) is 0 Å². The zero-order valence-corrected chi connectivity index (χ0v) is 10.7. The molecule has 1 N–H and O–H groups in total. The molecule has 0 aliphatic carbocycles. The Kier molecular flexibility index (Phi) is 4.10. The maximum Gasteiger partial charge on any atom is 0.123 e. The third kappa shape index (κ3) is 3.40. The number of benzene rings is 1. The summed E-state index contributed by atoms with van der Waals surface area (Å²) in [5, 5.41) is 7.55. The van der Waals surface area contributed by atoms with Crippen molar-refractivity contribution in [2.24, 2.45) is 7.05 Å². The molecule has 0 saturated carbocycles. The normalized spacial score (nSPS) is 12.6. The van der Waals surface area contributed by atoms with Crippen molar-refractivity contribution in [3.8, 4) is 0 Å². The molecule has 0 saturated heterocycles. The Hall–Kier alpha value is -1.68. The van der Waals surface area contributed by atoms with Crippen molar-refractivity contribution in [2.75, 3.05) is 6.54 Å². The van der Waals surface area contributed by atoms with Gasteiger partial charge in [0.05, 0.1) is 6.20 Å². The van der Waals surface area contributed by atoms with E-state index in [1.165, 1.54) is 17.7 Å². The number of nitrogens with zero attached hydrogens (tertiary/aromatic N) is 2. The van der Waals surface area contributed by atoms with Crippen LogP contribution < -0.4 is 5.32 Å². The summed E-state index contributed by atoms with van der Waals surface area (Å²) >= 11 is 0. The molecule has 0 bridgehead atoms. The molecule has 2 rings (SSSR count). The molecule has 0 spiro atoms.